The minimum atomic E-state index is -0.220. The first kappa shape index (κ1) is 22.8. The number of rotatable bonds is 7. The highest BCUT2D eigenvalue weighted by molar-refractivity contribution is 14.0. The average Bonchev–Trinajstić information content (AvgIpc) is 3.41. The normalized spacial score (nSPS) is 11.4. The topological polar surface area (TPSA) is 70.0 Å². The summed E-state index contributed by atoms with van der Waals surface area (Å²) in [4.78, 5) is 7.50. The van der Waals surface area contributed by atoms with Gasteiger partial charge in [-0.3, -0.25) is 9.67 Å². The van der Waals surface area contributed by atoms with Gasteiger partial charge in [0.2, 0.25) is 0 Å². The summed E-state index contributed by atoms with van der Waals surface area (Å²) in [6, 6.07) is 15.0. The Morgan fingerprint density at radius 2 is 1.94 bits per heavy atom. The van der Waals surface area contributed by atoms with Crippen molar-refractivity contribution >= 4 is 40.8 Å². The summed E-state index contributed by atoms with van der Waals surface area (Å²) in [5.41, 5.74) is 4.44. The third-order valence-corrected chi connectivity index (χ3v) is 5.10. The fourth-order valence-electron chi connectivity index (χ4n) is 3.53. The molecule has 0 amide bonds. The van der Waals surface area contributed by atoms with Crippen LogP contribution in [0.1, 0.15) is 16.7 Å². The second-order valence-corrected chi connectivity index (χ2v) is 7.08. The van der Waals surface area contributed by atoms with E-state index in [0.29, 0.717) is 13.1 Å². The van der Waals surface area contributed by atoms with Crippen molar-refractivity contribution in [1.29, 1.82) is 0 Å². The molecule has 0 saturated heterocycles. The molecule has 0 aliphatic heterocycles. The van der Waals surface area contributed by atoms with Crippen LogP contribution < -0.4 is 10.6 Å². The second kappa shape index (κ2) is 10.9. The molecule has 0 spiro atoms. The number of nitrogens with one attached hydrogen (secondary N) is 3. The highest BCUT2D eigenvalue weighted by Gasteiger charge is 2.07. The largest absolute Gasteiger partial charge is 0.361 e. The third kappa shape index (κ3) is 5.84. The van der Waals surface area contributed by atoms with Crippen LogP contribution in [0.3, 0.4) is 0 Å². The number of halogens is 2. The predicted octanol–water partition coefficient (Wildman–Crippen LogP) is 4.08. The Kier molecular flexibility index (Phi) is 8.05. The van der Waals surface area contributed by atoms with Crippen LogP contribution in [0.2, 0.25) is 0 Å². The standard InChI is InChI=1S/C23H25FN6.HI/c1-25-23(26-11-9-18-15-27-22-8-7-20(24)13-21(18)22)28-14-17-5-2-3-6-19(17)16-30-12-4-10-29-30;/h2-8,10,12-13,15,27H,9,11,14,16H2,1H3,(H2,25,26,28);1H. The number of fused-ring (bicyclic) bond motifs is 1. The molecule has 6 nitrogen and oxygen atoms in total. The van der Waals surface area contributed by atoms with E-state index in [4.69, 9.17) is 0 Å². The van der Waals surface area contributed by atoms with Crippen LogP contribution in [-0.2, 0) is 19.5 Å². The zero-order chi connectivity index (χ0) is 20.8. The summed E-state index contributed by atoms with van der Waals surface area (Å²) in [7, 11) is 1.76. The van der Waals surface area contributed by atoms with Gasteiger partial charge in [-0.25, -0.2) is 4.39 Å². The Balaban J connectivity index is 0.00000272. The first-order valence-electron chi connectivity index (χ1n) is 9.97. The van der Waals surface area contributed by atoms with Gasteiger partial charge in [0.05, 0.1) is 6.54 Å². The van der Waals surface area contributed by atoms with E-state index in [1.54, 1.807) is 25.4 Å². The molecule has 0 aliphatic rings. The summed E-state index contributed by atoms with van der Waals surface area (Å²) >= 11 is 0. The number of aromatic nitrogens is 3. The fraction of sp³-hybridized carbons (Fsp3) is 0.217. The number of hydrogen-bond donors (Lipinski definition) is 3. The molecule has 8 heteroatoms. The van der Waals surface area contributed by atoms with Crippen molar-refractivity contribution in [2.45, 2.75) is 19.5 Å². The van der Waals surface area contributed by atoms with Crippen molar-refractivity contribution in [3.63, 3.8) is 0 Å². The first-order valence-corrected chi connectivity index (χ1v) is 9.97. The maximum Gasteiger partial charge on any atom is 0.191 e. The van der Waals surface area contributed by atoms with Gasteiger partial charge in [-0.1, -0.05) is 24.3 Å². The smallest absolute Gasteiger partial charge is 0.191 e. The Morgan fingerprint density at radius 1 is 1.10 bits per heavy atom. The number of aliphatic imine (C=N–C) groups is 1. The molecule has 2 aromatic heterocycles. The van der Waals surface area contributed by atoms with Gasteiger partial charge in [-0.2, -0.15) is 5.10 Å². The number of H-pyrrole nitrogens is 1. The lowest BCUT2D eigenvalue weighted by molar-refractivity contribution is 0.629. The molecule has 0 bridgehead atoms. The Bertz CT molecular complexity index is 1140. The van der Waals surface area contributed by atoms with E-state index in [2.05, 4.69) is 37.8 Å². The summed E-state index contributed by atoms with van der Waals surface area (Å²) in [6.07, 6.45) is 6.45. The van der Waals surface area contributed by atoms with Crippen LogP contribution in [0.15, 0.2) is 72.1 Å². The molecule has 0 saturated carbocycles. The molecule has 2 heterocycles. The highest BCUT2D eigenvalue weighted by Crippen LogP contribution is 2.19. The zero-order valence-electron chi connectivity index (χ0n) is 17.3. The van der Waals surface area contributed by atoms with E-state index in [0.717, 1.165) is 35.4 Å². The Morgan fingerprint density at radius 3 is 2.71 bits per heavy atom. The van der Waals surface area contributed by atoms with Crippen LogP contribution in [-0.4, -0.2) is 34.3 Å². The molecule has 3 N–H and O–H groups in total. The van der Waals surface area contributed by atoms with Crippen LogP contribution in [0.25, 0.3) is 10.9 Å². The van der Waals surface area contributed by atoms with E-state index < -0.39 is 0 Å². The van der Waals surface area contributed by atoms with Gasteiger partial charge in [-0.15, -0.1) is 24.0 Å². The number of hydrogen-bond acceptors (Lipinski definition) is 2. The van der Waals surface area contributed by atoms with E-state index in [9.17, 15) is 4.39 Å². The van der Waals surface area contributed by atoms with Crippen LogP contribution in [0.5, 0.6) is 0 Å². The van der Waals surface area contributed by atoms with Crippen molar-refractivity contribution in [3.8, 4) is 0 Å². The van der Waals surface area contributed by atoms with Crippen LogP contribution >= 0.6 is 24.0 Å². The average molecular weight is 532 g/mol. The fourth-order valence-corrected chi connectivity index (χ4v) is 3.53. The van der Waals surface area contributed by atoms with Crippen molar-refractivity contribution < 1.29 is 4.39 Å². The van der Waals surface area contributed by atoms with Gasteiger partial charge in [0.25, 0.3) is 0 Å². The van der Waals surface area contributed by atoms with Gasteiger partial charge in [0.15, 0.2) is 5.96 Å². The quantitative estimate of drug-likeness (QED) is 0.191. The van der Waals surface area contributed by atoms with Gasteiger partial charge in [0, 0.05) is 49.6 Å². The van der Waals surface area contributed by atoms with Crippen molar-refractivity contribution in [1.82, 2.24) is 25.4 Å². The van der Waals surface area contributed by atoms with Gasteiger partial charge in [0.1, 0.15) is 5.82 Å². The van der Waals surface area contributed by atoms with Crippen molar-refractivity contribution in [3.05, 3.63) is 89.6 Å². The lowest BCUT2D eigenvalue weighted by Crippen LogP contribution is -2.38. The molecular formula is C23H26FIN6. The van der Waals surface area contributed by atoms with E-state index in [-0.39, 0.29) is 29.8 Å². The number of benzene rings is 2. The molecule has 4 rings (SSSR count). The van der Waals surface area contributed by atoms with Gasteiger partial charge < -0.3 is 15.6 Å². The monoisotopic (exact) mass is 532 g/mol. The van der Waals surface area contributed by atoms with Gasteiger partial charge in [-0.05, 0) is 47.4 Å². The maximum absolute atomic E-state index is 13.5. The Labute approximate surface area is 198 Å². The van der Waals surface area contributed by atoms with E-state index in [1.807, 2.05) is 35.3 Å². The minimum absolute atomic E-state index is 0. The summed E-state index contributed by atoms with van der Waals surface area (Å²) < 4.78 is 15.5. The SMILES string of the molecule is CN=C(NCCc1c[nH]c2ccc(F)cc12)NCc1ccccc1Cn1cccn1.I. The van der Waals surface area contributed by atoms with E-state index in [1.165, 1.54) is 17.2 Å². The molecule has 0 aliphatic carbocycles. The number of guanidine groups is 1. The molecule has 0 radical (unpaired) electrons. The van der Waals surface area contributed by atoms with Crippen molar-refractivity contribution in [2.75, 3.05) is 13.6 Å². The lowest BCUT2D eigenvalue weighted by atomic mass is 10.1. The summed E-state index contributed by atoms with van der Waals surface area (Å²) in [6.45, 7) is 2.08. The van der Waals surface area contributed by atoms with Crippen molar-refractivity contribution in [2.24, 2.45) is 4.99 Å². The van der Waals surface area contributed by atoms with Crippen LogP contribution in [0.4, 0.5) is 4.39 Å². The Hall–Kier alpha value is -2.88. The predicted molar refractivity (Wildman–Crippen MR) is 133 cm³/mol. The zero-order valence-corrected chi connectivity index (χ0v) is 19.6. The minimum Gasteiger partial charge on any atom is -0.361 e. The van der Waals surface area contributed by atoms with E-state index >= 15 is 0 Å². The summed E-state index contributed by atoms with van der Waals surface area (Å²) in [5, 5.41) is 11.9. The highest BCUT2D eigenvalue weighted by atomic mass is 127. The molecule has 31 heavy (non-hydrogen) atoms. The first-order chi connectivity index (χ1) is 14.7. The number of nitrogens with zero attached hydrogens (tertiary/aromatic N) is 3. The molecule has 2 aromatic carbocycles. The molecule has 0 fully saturated rings. The molecule has 162 valence electrons. The molecule has 4 aromatic rings. The third-order valence-electron chi connectivity index (χ3n) is 5.10. The molecular weight excluding hydrogens is 506 g/mol. The summed E-state index contributed by atoms with van der Waals surface area (Å²) in [5.74, 6) is 0.512. The molecule has 0 atom stereocenters. The maximum atomic E-state index is 13.5. The van der Waals surface area contributed by atoms with Gasteiger partial charge >= 0.3 is 0 Å². The van der Waals surface area contributed by atoms with Crippen LogP contribution in [0, 0.1) is 5.82 Å². The second-order valence-electron chi connectivity index (χ2n) is 7.08. The lowest BCUT2D eigenvalue weighted by Gasteiger charge is -2.14. The number of aromatic amines is 1. The molecule has 0 unspecified atom stereocenters.